The summed E-state index contributed by atoms with van der Waals surface area (Å²) in [5.74, 6) is -0.0696. The van der Waals surface area contributed by atoms with E-state index >= 15 is 0 Å². The maximum Gasteiger partial charge on any atom is 0.305 e. The summed E-state index contributed by atoms with van der Waals surface area (Å²) in [6.45, 7) is 4.85. The SMILES string of the molecule is CCCCC/C=C\C/C=C\CCCCCCCCCC(=O)OCCCCCCCCCCCCCC/C=C\CCCCCCCCCCCC(=O)NC(CO)C(O)/C=C/CCCCCCCCC. The lowest BCUT2D eigenvalue weighted by atomic mass is 10.0. The first-order chi connectivity index (χ1) is 33.5. The molecule has 0 heterocycles. The Morgan fingerprint density at radius 2 is 0.735 bits per heavy atom. The van der Waals surface area contributed by atoms with E-state index in [1.54, 1.807) is 6.08 Å². The number of carbonyl (C=O) groups excluding carboxylic acids is 2. The summed E-state index contributed by atoms with van der Waals surface area (Å²) in [6.07, 6.45) is 73.0. The van der Waals surface area contributed by atoms with Crippen LogP contribution < -0.4 is 5.32 Å². The number of carbonyl (C=O) groups is 2. The zero-order valence-electron chi connectivity index (χ0n) is 45.3. The number of aliphatic hydroxyl groups excluding tert-OH is 2. The number of nitrogens with one attached hydrogen (secondary N) is 1. The maximum absolute atomic E-state index is 12.4. The predicted octanol–water partition coefficient (Wildman–Crippen LogP) is 18.6. The van der Waals surface area contributed by atoms with Gasteiger partial charge in [0.25, 0.3) is 0 Å². The topological polar surface area (TPSA) is 95.9 Å². The number of hydrogen-bond donors (Lipinski definition) is 3. The molecule has 0 spiro atoms. The van der Waals surface area contributed by atoms with Gasteiger partial charge in [-0.2, -0.15) is 0 Å². The molecule has 2 atom stereocenters. The molecule has 0 saturated carbocycles. The standard InChI is InChI=1S/C62H115NO5/c1-3-5-7-9-11-13-14-15-16-26-30-33-36-40-44-48-52-56-62(67)68-57-53-49-45-41-37-34-31-28-25-23-21-19-17-18-20-22-24-27-29-32-35-39-43-47-51-55-61(66)63-59(58-64)60(65)54-50-46-42-38-12-10-8-6-4-2/h11,13,15-16,18,20,50,54,59-60,64-65H,3-10,12,14,17,19,21-49,51-53,55-58H2,1-2H3,(H,63,66)/b13-11-,16-15-,20-18-,54-50+. The van der Waals surface area contributed by atoms with Crippen LogP contribution in [0.15, 0.2) is 48.6 Å². The molecule has 0 fully saturated rings. The van der Waals surface area contributed by atoms with E-state index in [9.17, 15) is 19.8 Å². The molecule has 0 aliphatic heterocycles. The summed E-state index contributed by atoms with van der Waals surface area (Å²) in [7, 11) is 0. The van der Waals surface area contributed by atoms with E-state index in [-0.39, 0.29) is 18.5 Å². The minimum Gasteiger partial charge on any atom is -0.466 e. The smallest absolute Gasteiger partial charge is 0.305 e. The Labute approximate surface area is 423 Å². The molecule has 2 unspecified atom stereocenters. The Kier molecular flexibility index (Phi) is 55.6. The van der Waals surface area contributed by atoms with Gasteiger partial charge in [-0.05, 0) is 89.9 Å². The molecular formula is C62H115NO5. The van der Waals surface area contributed by atoms with Gasteiger partial charge in [0.1, 0.15) is 0 Å². The first-order valence-electron chi connectivity index (χ1n) is 29.9. The van der Waals surface area contributed by atoms with Gasteiger partial charge in [-0.25, -0.2) is 0 Å². The number of aliphatic hydroxyl groups is 2. The number of allylic oxidation sites excluding steroid dienone is 7. The van der Waals surface area contributed by atoms with Crippen molar-refractivity contribution < 1.29 is 24.5 Å². The fourth-order valence-electron chi connectivity index (χ4n) is 8.95. The number of amides is 1. The molecular weight excluding hydrogens is 839 g/mol. The van der Waals surface area contributed by atoms with Crippen molar-refractivity contribution in [2.75, 3.05) is 13.2 Å². The highest BCUT2D eigenvalue weighted by molar-refractivity contribution is 5.76. The van der Waals surface area contributed by atoms with E-state index in [2.05, 4.69) is 55.6 Å². The fraction of sp³-hybridized carbons (Fsp3) is 0.839. The van der Waals surface area contributed by atoms with Gasteiger partial charge in [-0.3, -0.25) is 9.59 Å². The summed E-state index contributed by atoms with van der Waals surface area (Å²) in [5, 5.41) is 22.9. The van der Waals surface area contributed by atoms with Crippen molar-refractivity contribution >= 4 is 11.9 Å². The van der Waals surface area contributed by atoms with Crippen LogP contribution in [0.2, 0.25) is 0 Å². The highest BCUT2D eigenvalue weighted by atomic mass is 16.5. The third-order valence-electron chi connectivity index (χ3n) is 13.6. The lowest BCUT2D eigenvalue weighted by molar-refractivity contribution is -0.143. The molecule has 0 aliphatic carbocycles. The van der Waals surface area contributed by atoms with Gasteiger partial charge in [-0.15, -0.1) is 0 Å². The van der Waals surface area contributed by atoms with Crippen LogP contribution in [0.1, 0.15) is 309 Å². The molecule has 0 saturated heterocycles. The summed E-state index contributed by atoms with van der Waals surface area (Å²) in [4.78, 5) is 24.5. The Balaban J connectivity index is 3.38. The molecule has 0 aromatic rings. The summed E-state index contributed by atoms with van der Waals surface area (Å²) in [5.41, 5.74) is 0. The van der Waals surface area contributed by atoms with Crippen LogP contribution in [0.3, 0.4) is 0 Å². The maximum atomic E-state index is 12.4. The second kappa shape index (κ2) is 57.4. The normalized spacial score (nSPS) is 12.9. The number of hydrogen-bond acceptors (Lipinski definition) is 5. The minimum absolute atomic E-state index is 0.00463. The van der Waals surface area contributed by atoms with Crippen molar-refractivity contribution in [3.05, 3.63) is 48.6 Å². The van der Waals surface area contributed by atoms with Gasteiger partial charge in [0.15, 0.2) is 0 Å². The van der Waals surface area contributed by atoms with Crippen molar-refractivity contribution in [2.24, 2.45) is 0 Å². The molecule has 1 amide bonds. The van der Waals surface area contributed by atoms with Crippen LogP contribution in [-0.4, -0.2) is 47.4 Å². The number of unbranched alkanes of at least 4 members (excludes halogenated alkanes) is 38. The van der Waals surface area contributed by atoms with Crippen LogP contribution in [0.5, 0.6) is 0 Å². The van der Waals surface area contributed by atoms with E-state index in [1.807, 2.05) is 6.08 Å². The molecule has 398 valence electrons. The van der Waals surface area contributed by atoms with Crippen molar-refractivity contribution in [2.45, 2.75) is 321 Å². The van der Waals surface area contributed by atoms with Crippen LogP contribution >= 0.6 is 0 Å². The van der Waals surface area contributed by atoms with Gasteiger partial charge in [-0.1, -0.05) is 255 Å². The molecule has 3 N–H and O–H groups in total. The van der Waals surface area contributed by atoms with Crippen LogP contribution in [0.25, 0.3) is 0 Å². The largest absolute Gasteiger partial charge is 0.466 e. The Morgan fingerprint density at radius 1 is 0.412 bits per heavy atom. The zero-order chi connectivity index (χ0) is 49.3. The molecule has 0 aliphatic rings. The van der Waals surface area contributed by atoms with Gasteiger partial charge in [0, 0.05) is 12.8 Å². The molecule has 0 rings (SSSR count). The van der Waals surface area contributed by atoms with E-state index in [0.717, 1.165) is 51.4 Å². The van der Waals surface area contributed by atoms with Gasteiger partial charge in [0.2, 0.25) is 5.91 Å². The monoisotopic (exact) mass is 954 g/mol. The van der Waals surface area contributed by atoms with E-state index in [4.69, 9.17) is 4.74 Å². The Morgan fingerprint density at radius 3 is 1.16 bits per heavy atom. The summed E-state index contributed by atoms with van der Waals surface area (Å²) in [6, 6.07) is -0.628. The first kappa shape index (κ1) is 65.8. The Hall–Kier alpha value is -2.18. The third kappa shape index (κ3) is 53.2. The Bertz CT molecular complexity index is 1150. The average Bonchev–Trinajstić information content (AvgIpc) is 3.34. The van der Waals surface area contributed by atoms with Gasteiger partial charge >= 0.3 is 5.97 Å². The van der Waals surface area contributed by atoms with Crippen LogP contribution in [-0.2, 0) is 14.3 Å². The van der Waals surface area contributed by atoms with E-state index < -0.39 is 12.1 Å². The molecule has 0 aromatic heterocycles. The molecule has 6 heteroatoms. The van der Waals surface area contributed by atoms with Crippen molar-refractivity contribution in [1.82, 2.24) is 5.32 Å². The van der Waals surface area contributed by atoms with E-state index in [0.29, 0.717) is 19.4 Å². The first-order valence-corrected chi connectivity index (χ1v) is 29.9. The fourth-order valence-corrected chi connectivity index (χ4v) is 8.95. The second-order valence-electron chi connectivity index (χ2n) is 20.3. The van der Waals surface area contributed by atoms with Crippen molar-refractivity contribution in [1.29, 1.82) is 0 Å². The summed E-state index contributed by atoms with van der Waals surface area (Å²) >= 11 is 0. The number of ether oxygens (including phenoxy) is 1. The number of esters is 1. The number of rotatable bonds is 55. The zero-order valence-corrected chi connectivity index (χ0v) is 45.3. The minimum atomic E-state index is -0.844. The highest BCUT2D eigenvalue weighted by Crippen LogP contribution is 2.16. The van der Waals surface area contributed by atoms with Gasteiger partial charge in [0.05, 0.1) is 25.4 Å². The lowest BCUT2D eigenvalue weighted by Crippen LogP contribution is -2.45. The third-order valence-corrected chi connectivity index (χ3v) is 13.6. The second-order valence-corrected chi connectivity index (χ2v) is 20.3. The lowest BCUT2D eigenvalue weighted by Gasteiger charge is -2.20. The van der Waals surface area contributed by atoms with Crippen molar-refractivity contribution in [3.8, 4) is 0 Å². The van der Waals surface area contributed by atoms with Gasteiger partial charge < -0.3 is 20.3 Å². The van der Waals surface area contributed by atoms with Crippen LogP contribution in [0.4, 0.5) is 0 Å². The van der Waals surface area contributed by atoms with E-state index in [1.165, 1.54) is 231 Å². The average molecular weight is 955 g/mol. The molecule has 0 bridgehead atoms. The highest BCUT2D eigenvalue weighted by Gasteiger charge is 2.18. The molecule has 0 radical (unpaired) electrons. The quantitative estimate of drug-likeness (QED) is 0.0321. The molecule has 0 aromatic carbocycles. The van der Waals surface area contributed by atoms with Crippen LogP contribution in [0, 0.1) is 0 Å². The summed E-state index contributed by atoms with van der Waals surface area (Å²) < 4.78 is 5.49. The molecule has 6 nitrogen and oxygen atoms in total. The predicted molar refractivity (Wildman–Crippen MR) is 296 cm³/mol. The molecule has 68 heavy (non-hydrogen) atoms. The van der Waals surface area contributed by atoms with Crippen molar-refractivity contribution in [3.63, 3.8) is 0 Å².